The number of hydrogen-bond acceptors (Lipinski definition) is 6. The smallest absolute Gasteiger partial charge is 0.232 e. The summed E-state index contributed by atoms with van der Waals surface area (Å²) < 4.78 is 11.0. The standard InChI is InChI=1S/C20H22N4O4/c1-27-16-4-2-3-15(10-16)24-12-14(9-19(24)25)20(26)23-8-5-17(13-23)28-18-11-21-6-7-22-18/h2-4,6-7,10-11,14,17H,5,8-9,12-13H2,1H3. The van der Waals surface area contributed by atoms with Gasteiger partial charge >= 0.3 is 0 Å². The number of carbonyl (C=O) groups excluding carboxylic acids is 2. The zero-order valence-corrected chi connectivity index (χ0v) is 15.7. The van der Waals surface area contributed by atoms with Crippen LogP contribution in [0, 0.1) is 5.92 Å². The second-order valence-electron chi connectivity index (χ2n) is 6.96. The second-order valence-corrected chi connectivity index (χ2v) is 6.96. The summed E-state index contributed by atoms with van der Waals surface area (Å²) in [7, 11) is 1.59. The molecule has 2 aliphatic rings. The summed E-state index contributed by atoms with van der Waals surface area (Å²) in [5.74, 6) is 0.766. The predicted molar refractivity (Wildman–Crippen MR) is 101 cm³/mol. The highest BCUT2D eigenvalue weighted by atomic mass is 16.5. The average molecular weight is 382 g/mol. The molecule has 146 valence electrons. The lowest BCUT2D eigenvalue weighted by Crippen LogP contribution is -2.37. The number of benzene rings is 1. The summed E-state index contributed by atoms with van der Waals surface area (Å²) in [6.45, 7) is 1.50. The van der Waals surface area contributed by atoms with Crippen LogP contribution in [-0.4, -0.2) is 59.5 Å². The van der Waals surface area contributed by atoms with Crippen molar-refractivity contribution in [1.82, 2.24) is 14.9 Å². The number of nitrogens with zero attached hydrogens (tertiary/aromatic N) is 4. The molecule has 2 aromatic rings. The van der Waals surface area contributed by atoms with Crippen LogP contribution < -0.4 is 14.4 Å². The molecule has 0 spiro atoms. The van der Waals surface area contributed by atoms with Gasteiger partial charge in [-0.05, 0) is 12.1 Å². The molecule has 0 radical (unpaired) electrons. The first-order valence-electron chi connectivity index (χ1n) is 9.30. The van der Waals surface area contributed by atoms with E-state index in [0.717, 1.165) is 12.1 Å². The Morgan fingerprint density at radius 3 is 2.93 bits per heavy atom. The van der Waals surface area contributed by atoms with Gasteiger partial charge < -0.3 is 19.3 Å². The lowest BCUT2D eigenvalue weighted by molar-refractivity contribution is -0.135. The molecule has 4 rings (SSSR count). The first-order chi connectivity index (χ1) is 13.6. The Labute approximate surface area is 163 Å². The second kappa shape index (κ2) is 7.84. The van der Waals surface area contributed by atoms with Crippen LogP contribution in [-0.2, 0) is 9.59 Å². The molecular weight excluding hydrogens is 360 g/mol. The van der Waals surface area contributed by atoms with E-state index in [9.17, 15) is 9.59 Å². The van der Waals surface area contributed by atoms with Crippen molar-refractivity contribution in [2.45, 2.75) is 18.9 Å². The molecule has 0 N–H and O–H groups in total. The molecule has 2 atom stereocenters. The molecule has 3 heterocycles. The van der Waals surface area contributed by atoms with Gasteiger partial charge in [0.15, 0.2) is 0 Å². The largest absolute Gasteiger partial charge is 0.497 e. The topological polar surface area (TPSA) is 84.9 Å². The molecule has 2 amide bonds. The molecule has 8 nitrogen and oxygen atoms in total. The minimum Gasteiger partial charge on any atom is -0.497 e. The van der Waals surface area contributed by atoms with E-state index in [1.54, 1.807) is 35.5 Å². The van der Waals surface area contributed by atoms with Crippen LogP contribution in [0.25, 0.3) is 0 Å². The van der Waals surface area contributed by atoms with Gasteiger partial charge in [0.2, 0.25) is 17.7 Å². The fourth-order valence-corrected chi connectivity index (χ4v) is 3.70. The predicted octanol–water partition coefficient (Wildman–Crippen LogP) is 1.52. The first-order valence-corrected chi connectivity index (χ1v) is 9.30. The minimum atomic E-state index is -0.339. The van der Waals surface area contributed by atoms with Gasteiger partial charge in [0.1, 0.15) is 11.9 Å². The summed E-state index contributed by atoms with van der Waals surface area (Å²) in [6, 6.07) is 7.33. The summed E-state index contributed by atoms with van der Waals surface area (Å²) in [6.07, 6.45) is 5.58. The monoisotopic (exact) mass is 382 g/mol. The molecule has 2 unspecified atom stereocenters. The average Bonchev–Trinajstić information content (AvgIpc) is 3.35. The van der Waals surface area contributed by atoms with Gasteiger partial charge in [0, 0.05) is 50.1 Å². The molecule has 1 aromatic carbocycles. The maximum absolute atomic E-state index is 12.9. The summed E-state index contributed by atoms with van der Waals surface area (Å²) in [5.41, 5.74) is 0.755. The molecule has 0 bridgehead atoms. The highest BCUT2D eigenvalue weighted by Gasteiger charge is 2.39. The van der Waals surface area contributed by atoms with Gasteiger partial charge in [-0.15, -0.1) is 0 Å². The van der Waals surface area contributed by atoms with Crippen LogP contribution in [0.15, 0.2) is 42.9 Å². The van der Waals surface area contributed by atoms with Crippen molar-refractivity contribution in [3.8, 4) is 11.6 Å². The number of methoxy groups -OCH3 is 1. The first kappa shape index (κ1) is 18.2. The molecule has 2 aliphatic heterocycles. The Morgan fingerprint density at radius 1 is 1.25 bits per heavy atom. The zero-order chi connectivity index (χ0) is 19.5. The fraction of sp³-hybridized carbons (Fsp3) is 0.400. The van der Waals surface area contributed by atoms with Crippen molar-refractivity contribution in [2.75, 3.05) is 31.6 Å². The van der Waals surface area contributed by atoms with Crippen LogP contribution >= 0.6 is 0 Å². The van der Waals surface area contributed by atoms with Crippen molar-refractivity contribution in [3.05, 3.63) is 42.9 Å². The quantitative estimate of drug-likeness (QED) is 0.780. The zero-order valence-electron chi connectivity index (χ0n) is 15.7. The van der Waals surface area contributed by atoms with Gasteiger partial charge in [0.05, 0.1) is 25.8 Å². The Morgan fingerprint density at radius 2 is 2.14 bits per heavy atom. The lowest BCUT2D eigenvalue weighted by Gasteiger charge is -2.21. The Balaban J connectivity index is 1.37. The minimum absolute atomic E-state index is 0.00370. The summed E-state index contributed by atoms with van der Waals surface area (Å²) >= 11 is 0. The normalized spacial score (nSPS) is 21.8. The molecular formula is C20H22N4O4. The highest BCUT2D eigenvalue weighted by molar-refractivity contribution is 6.00. The third-order valence-corrected chi connectivity index (χ3v) is 5.12. The highest BCUT2D eigenvalue weighted by Crippen LogP contribution is 2.29. The van der Waals surface area contributed by atoms with Crippen LogP contribution in [0.5, 0.6) is 11.6 Å². The Hall–Kier alpha value is -3.16. The van der Waals surface area contributed by atoms with Gasteiger partial charge in [-0.1, -0.05) is 6.07 Å². The molecule has 28 heavy (non-hydrogen) atoms. The molecule has 1 aromatic heterocycles. The van der Waals surface area contributed by atoms with Crippen molar-refractivity contribution in [1.29, 1.82) is 0 Å². The van der Waals surface area contributed by atoms with E-state index >= 15 is 0 Å². The summed E-state index contributed by atoms with van der Waals surface area (Å²) in [5, 5.41) is 0. The lowest BCUT2D eigenvalue weighted by atomic mass is 10.1. The summed E-state index contributed by atoms with van der Waals surface area (Å²) in [4.78, 5) is 37.0. The number of ether oxygens (including phenoxy) is 2. The van der Waals surface area contributed by atoms with Crippen molar-refractivity contribution < 1.29 is 19.1 Å². The van der Waals surface area contributed by atoms with Crippen molar-refractivity contribution in [2.24, 2.45) is 5.92 Å². The number of carbonyl (C=O) groups is 2. The van der Waals surface area contributed by atoms with Crippen molar-refractivity contribution >= 4 is 17.5 Å². The number of aromatic nitrogens is 2. The van der Waals surface area contributed by atoms with Gasteiger partial charge in [-0.25, -0.2) is 4.98 Å². The van der Waals surface area contributed by atoms with E-state index in [1.807, 2.05) is 24.3 Å². The van der Waals surface area contributed by atoms with Gasteiger partial charge in [0.25, 0.3) is 0 Å². The maximum atomic E-state index is 12.9. The van der Waals surface area contributed by atoms with Crippen LogP contribution in [0.4, 0.5) is 5.69 Å². The third kappa shape index (κ3) is 3.76. The van der Waals surface area contributed by atoms with E-state index in [2.05, 4.69) is 9.97 Å². The van der Waals surface area contributed by atoms with E-state index in [-0.39, 0.29) is 30.3 Å². The van der Waals surface area contributed by atoms with E-state index in [1.165, 1.54) is 0 Å². The number of likely N-dealkylation sites (tertiary alicyclic amines) is 1. The van der Waals surface area contributed by atoms with E-state index < -0.39 is 0 Å². The maximum Gasteiger partial charge on any atom is 0.232 e. The van der Waals surface area contributed by atoms with Crippen molar-refractivity contribution in [3.63, 3.8) is 0 Å². The third-order valence-electron chi connectivity index (χ3n) is 5.12. The molecule has 0 saturated carbocycles. The molecule has 2 fully saturated rings. The number of amides is 2. The Kier molecular flexibility index (Phi) is 5.10. The van der Waals surface area contributed by atoms with Crippen LogP contribution in [0.2, 0.25) is 0 Å². The number of rotatable bonds is 5. The Bertz CT molecular complexity index is 860. The molecule has 2 saturated heterocycles. The molecule has 0 aliphatic carbocycles. The van der Waals surface area contributed by atoms with E-state index in [0.29, 0.717) is 31.3 Å². The van der Waals surface area contributed by atoms with E-state index in [4.69, 9.17) is 9.47 Å². The number of anilines is 1. The van der Waals surface area contributed by atoms with Crippen LogP contribution in [0.3, 0.4) is 0 Å². The fourth-order valence-electron chi connectivity index (χ4n) is 3.70. The van der Waals surface area contributed by atoms with Crippen LogP contribution in [0.1, 0.15) is 12.8 Å². The number of hydrogen-bond donors (Lipinski definition) is 0. The van der Waals surface area contributed by atoms with Gasteiger partial charge in [-0.2, -0.15) is 0 Å². The molecule has 8 heteroatoms. The SMILES string of the molecule is COc1cccc(N2CC(C(=O)N3CCC(Oc4cnccn4)C3)CC2=O)c1. The van der Waals surface area contributed by atoms with Gasteiger partial charge in [-0.3, -0.25) is 14.6 Å².